The molecule has 0 spiro atoms. The number of fused-ring (bicyclic) bond motifs is 3. The normalized spacial score (nSPS) is 26.4. The number of urea groups is 1. The largest absolute Gasteiger partial charge is 0.336 e. The number of likely N-dealkylation sites (N-methyl/N-ethyl adjacent to an activating group) is 1. The van der Waals surface area contributed by atoms with E-state index in [0.717, 1.165) is 38.5 Å². The van der Waals surface area contributed by atoms with E-state index in [1.165, 1.54) is 6.42 Å². The number of piperidine rings is 3. The van der Waals surface area contributed by atoms with E-state index in [4.69, 9.17) is 5.26 Å². The zero-order chi connectivity index (χ0) is 19.2. The molecule has 0 aromatic heterocycles. The molecule has 1 aromatic rings. The summed E-state index contributed by atoms with van der Waals surface area (Å²) in [5.41, 5.74) is 1.18. The Morgan fingerprint density at radius 3 is 3.07 bits per heavy atom. The van der Waals surface area contributed by atoms with Gasteiger partial charge in [-0.1, -0.05) is 12.1 Å². The van der Waals surface area contributed by atoms with Gasteiger partial charge in [-0.2, -0.15) is 5.26 Å². The highest BCUT2D eigenvalue weighted by molar-refractivity contribution is 5.89. The molecule has 6 nitrogen and oxygen atoms in total. The monoisotopic (exact) mass is 367 g/mol. The van der Waals surface area contributed by atoms with Crippen LogP contribution in [0.5, 0.6) is 0 Å². The smallest absolute Gasteiger partial charge is 0.319 e. The second-order valence-electron chi connectivity index (χ2n) is 7.73. The molecule has 3 saturated heterocycles. The van der Waals surface area contributed by atoms with Crippen molar-refractivity contribution >= 4 is 11.7 Å². The van der Waals surface area contributed by atoms with Crippen molar-refractivity contribution in [2.24, 2.45) is 11.8 Å². The van der Waals surface area contributed by atoms with E-state index < -0.39 is 0 Å². The van der Waals surface area contributed by atoms with Gasteiger partial charge in [-0.25, -0.2) is 4.79 Å². The second-order valence-corrected chi connectivity index (χ2v) is 7.73. The Balaban J connectivity index is 1.46. The third-order valence-electron chi connectivity index (χ3n) is 5.75. The van der Waals surface area contributed by atoms with Crippen molar-refractivity contribution in [3.8, 4) is 6.07 Å². The summed E-state index contributed by atoms with van der Waals surface area (Å²) in [4.78, 5) is 17.1. The third-order valence-corrected chi connectivity index (χ3v) is 5.75. The number of carbonyl (C=O) groups excluding carboxylic acids is 1. The lowest BCUT2D eigenvalue weighted by Gasteiger charge is -2.50. The average Bonchev–Trinajstić information content (AvgIpc) is 2.67. The summed E-state index contributed by atoms with van der Waals surface area (Å²) in [5.74, 6) is 1.45. The van der Waals surface area contributed by atoms with E-state index in [9.17, 15) is 4.79 Å². The highest BCUT2D eigenvalue weighted by Gasteiger charge is 2.40. The number of hydrogen-bond acceptors (Lipinski definition) is 4. The molecule has 0 radical (unpaired) electrons. The molecule has 0 aliphatic carbocycles. The molecule has 144 valence electrons. The zero-order valence-corrected chi connectivity index (χ0v) is 16.0. The number of benzene rings is 1. The van der Waals surface area contributed by atoms with Gasteiger partial charge >= 0.3 is 6.03 Å². The lowest BCUT2D eigenvalue weighted by Crippen LogP contribution is -2.58. The molecule has 2 N–H and O–H groups in total. The summed E-state index contributed by atoms with van der Waals surface area (Å²) in [7, 11) is 2.16. The summed E-state index contributed by atoms with van der Waals surface area (Å²) in [6.07, 6.45) is 4.37. The van der Waals surface area contributed by atoms with E-state index in [1.807, 2.05) is 6.08 Å². The minimum Gasteiger partial charge on any atom is -0.336 e. The van der Waals surface area contributed by atoms with Gasteiger partial charge in [0.05, 0.1) is 11.6 Å². The van der Waals surface area contributed by atoms with Gasteiger partial charge in [-0.3, -0.25) is 4.90 Å². The van der Waals surface area contributed by atoms with Gasteiger partial charge in [-0.15, -0.1) is 6.58 Å². The van der Waals surface area contributed by atoms with Crippen LogP contribution < -0.4 is 10.6 Å². The number of hydrogen-bond donors (Lipinski definition) is 2. The van der Waals surface area contributed by atoms with Crippen LogP contribution in [-0.2, 0) is 0 Å². The van der Waals surface area contributed by atoms with Crippen molar-refractivity contribution in [1.29, 1.82) is 5.26 Å². The van der Waals surface area contributed by atoms with Crippen molar-refractivity contribution in [3.05, 3.63) is 42.5 Å². The molecule has 6 heteroatoms. The predicted octanol–water partition coefficient (Wildman–Crippen LogP) is 2.51. The van der Waals surface area contributed by atoms with Gasteiger partial charge in [0.1, 0.15) is 0 Å². The van der Waals surface area contributed by atoms with Gasteiger partial charge in [0, 0.05) is 37.9 Å². The summed E-state index contributed by atoms with van der Waals surface area (Å²) in [5, 5.41) is 14.8. The third kappa shape index (κ3) is 5.09. The first-order chi connectivity index (χ1) is 13.1. The van der Waals surface area contributed by atoms with E-state index in [2.05, 4.69) is 40.1 Å². The molecule has 3 heterocycles. The van der Waals surface area contributed by atoms with Crippen LogP contribution in [0, 0.1) is 23.2 Å². The molecule has 4 rings (SSSR count). The Morgan fingerprint density at radius 1 is 1.52 bits per heavy atom. The molecule has 3 aliphatic rings. The van der Waals surface area contributed by atoms with Crippen LogP contribution >= 0.6 is 0 Å². The highest BCUT2D eigenvalue weighted by atomic mass is 16.2. The summed E-state index contributed by atoms with van der Waals surface area (Å²) in [6, 6.07) is 9.24. The Hall–Kier alpha value is -2.36. The molecule has 0 saturated carbocycles. The molecule has 1 unspecified atom stereocenters. The Bertz CT molecular complexity index is 713. The molecule has 3 fully saturated rings. The molecular weight excluding hydrogens is 338 g/mol. The SMILES string of the molecule is C=CCN(C)C[C@@H]1CN2CC[C@H]1C[C@@H]2CNC(=O)Nc1cccc(C#N)c1. The van der Waals surface area contributed by atoms with E-state index >= 15 is 0 Å². The maximum absolute atomic E-state index is 12.2. The number of nitrogens with one attached hydrogen (secondary N) is 2. The maximum atomic E-state index is 12.2. The molecular formula is C21H29N5O. The number of rotatable bonds is 7. The highest BCUT2D eigenvalue weighted by Crippen LogP contribution is 2.36. The number of nitriles is 1. The molecule has 2 amide bonds. The number of carbonyl (C=O) groups is 1. The van der Waals surface area contributed by atoms with Crippen LogP contribution in [-0.4, -0.2) is 61.6 Å². The summed E-state index contributed by atoms with van der Waals surface area (Å²) < 4.78 is 0. The fraction of sp³-hybridized carbons (Fsp3) is 0.524. The molecule has 2 bridgehead atoms. The van der Waals surface area contributed by atoms with Crippen LogP contribution in [0.15, 0.2) is 36.9 Å². The fourth-order valence-electron chi connectivity index (χ4n) is 4.42. The Kier molecular flexibility index (Phi) is 6.49. The van der Waals surface area contributed by atoms with Gasteiger partial charge in [0.15, 0.2) is 0 Å². The molecule has 4 atom stereocenters. The van der Waals surface area contributed by atoms with Crippen molar-refractivity contribution in [2.75, 3.05) is 45.1 Å². The molecule has 3 aliphatic heterocycles. The van der Waals surface area contributed by atoms with Gasteiger partial charge in [0.2, 0.25) is 0 Å². The van der Waals surface area contributed by atoms with Crippen LogP contribution in [0.1, 0.15) is 18.4 Å². The van der Waals surface area contributed by atoms with E-state index in [1.54, 1.807) is 24.3 Å². The zero-order valence-electron chi connectivity index (χ0n) is 16.0. The Labute approximate surface area is 161 Å². The van der Waals surface area contributed by atoms with Crippen LogP contribution in [0.2, 0.25) is 0 Å². The van der Waals surface area contributed by atoms with Gasteiger partial charge in [-0.05, 0) is 56.5 Å². The van der Waals surface area contributed by atoms with Crippen molar-refractivity contribution in [1.82, 2.24) is 15.1 Å². The standard InChI is InChI=1S/C21H29N5O/c1-3-8-25(2)14-18-15-26-9-7-17(18)11-20(26)13-23-21(27)24-19-6-4-5-16(10-19)12-22/h3-6,10,17-18,20H,1,7-9,11,13-15H2,2H3,(H2,23,24,27)/t17-,18+,20+/m0/s1. The topological polar surface area (TPSA) is 71.4 Å². The second kappa shape index (κ2) is 9.03. The van der Waals surface area contributed by atoms with Crippen molar-refractivity contribution in [2.45, 2.75) is 18.9 Å². The van der Waals surface area contributed by atoms with Crippen LogP contribution in [0.3, 0.4) is 0 Å². The van der Waals surface area contributed by atoms with Gasteiger partial charge < -0.3 is 15.5 Å². The van der Waals surface area contributed by atoms with Crippen LogP contribution in [0.4, 0.5) is 10.5 Å². The minimum atomic E-state index is -0.213. The quantitative estimate of drug-likeness (QED) is 0.727. The van der Waals surface area contributed by atoms with Gasteiger partial charge in [0.25, 0.3) is 0 Å². The molecule has 27 heavy (non-hydrogen) atoms. The first-order valence-corrected chi connectivity index (χ1v) is 9.67. The van der Waals surface area contributed by atoms with E-state index in [-0.39, 0.29) is 6.03 Å². The fourth-order valence-corrected chi connectivity index (χ4v) is 4.42. The number of amides is 2. The minimum absolute atomic E-state index is 0.213. The van der Waals surface area contributed by atoms with Crippen molar-refractivity contribution in [3.63, 3.8) is 0 Å². The first-order valence-electron chi connectivity index (χ1n) is 9.67. The summed E-state index contributed by atoms with van der Waals surface area (Å²) in [6.45, 7) is 8.77. The first kappa shape index (κ1) is 19.4. The number of nitrogens with zero attached hydrogens (tertiary/aromatic N) is 3. The Morgan fingerprint density at radius 2 is 2.37 bits per heavy atom. The average molecular weight is 367 g/mol. The van der Waals surface area contributed by atoms with Crippen LogP contribution in [0.25, 0.3) is 0 Å². The predicted molar refractivity (Wildman–Crippen MR) is 107 cm³/mol. The summed E-state index contributed by atoms with van der Waals surface area (Å²) >= 11 is 0. The lowest BCUT2D eigenvalue weighted by molar-refractivity contribution is -0.00709. The maximum Gasteiger partial charge on any atom is 0.319 e. The van der Waals surface area contributed by atoms with E-state index in [0.29, 0.717) is 29.8 Å². The number of anilines is 1. The van der Waals surface area contributed by atoms with Crippen molar-refractivity contribution < 1.29 is 4.79 Å². The lowest BCUT2D eigenvalue weighted by atomic mass is 9.75. The molecule has 1 aromatic carbocycles.